The van der Waals surface area contributed by atoms with Gasteiger partial charge in [0.25, 0.3) is 0 Å². The number of amides is 1. The van der Waals surface area contributed by atoms with E-state index >= 15 is 0 Å². The highest BCUT2D eigenvalue weighted by molar-refractivity contribution is 5.81. The molecule has 0 radical (unpaired) electrons. The van der Waals surface area contributed by atoms with Gasteiger partial charge in [0.15, 0.2) is 0 Å². The first kappa shape index (κ1) is 13.5. The van der Waals surface area contributed by atoms with E-state index in [1.807, 2.05) is 11.8 Å². The maximum Gasteiger partial charge on any atom is 0.239 e. The lowest BCUT2D eigenvalue weighted by atomic mass is 10.0. The number of carbonyl (C=O) groups is 1. The van der Waals surface area contributed by atoms with Crippen molar-refractivity contribution in [2.24, 2.45) is 5.92 Å². The fourth-order valence-corrected chi connectivity index (χ4v) is 2.22. The largest absolute Gasteiger partial charge is 0.341 e. The molecule has 0 aromatic heterocycles. The molecule has 1 N–H and O–H groups in total. The third-order valence-electron chi connectivity index (χ3n) is 3.66. The highest BCUT2D eigenvalue weighted by atomic mass is 16.2. The monoisotopic (exact) mass is 226 g/mol. The Hall–Kier alpha value is -0.570. The van der Waals surface area contributed by atoms with Crippen LogP contribution < -0.4 is 5.32 Å². The second-order valence-electron chi connectivity index (χ2n) is 4.84. The van der Waals surface area contributed by atoms with Crippen LogP contribution in [0.1, 0.15) is 46.5 Å². The maximum absolute atomic E-state index is 12.0. The molecule has 3 nitrogen and oxygen atoms in total. The Bertz CT molecular complexity index is 208. The molecule has 94 valence electrons. The number of nitrogens with zero attached hydrogens (tertiary/aromatic N) is 1. The average Bonchev–Trinajstić information content (AvgIpc) is 2.82. The molecule has 0 aromatic rings. The molecule has 0 aliphatic carbocycles. The Morgan fingerprint density at radius 1 is 1.25 bits per heavy atom. The van der Waals surface area contributed by atoms with Crippen LogP contribution >= 0.6 is 0 Å². The van der Waals surface area contributed by atoms with Crippen molar-refractivity contribution in [1.29, 1.82) is 0 Å². The molecular weight excluding hydrogens is 200 g/mol. The number of hydrogen-bond donors (Lipinski definition) is 1. The van der Waals surface area contributed by atoms with Crippen LogP contribution in [0.3, 0.4) is 0 Å². The molecule has 0 spiro atoms. The highest BCUT2D eigenvalue weighted by Crippen LogP contribution is 2.10. The van der Waals surface area contributed by atoms with Gasteiger partial charge in [0.1, 0.15) is 0 Å². The zero-order chi connectivity index (χ0) is 12.0. The van der Waals surface area contributed by atoms with Crippen molar-refractivity contribution < 1.29 is 4.79 Å². The predicted molar refractivity (Wildman–Crippen MR) is 67.4 cm³/mol. The second kappa shape index (κ2) is 6.89. The van der Waals surface area contributed by atoms with E-state index in [0.717, 1.165) is 19.6 Å². The van der Waals surface area contributed by atoms with Crippen LogP contribution in [0.2, 0.25) is 0 Å². The van der Waals surface area contributed by atoms with E-state index in [1.54, 1.807) is 0 Å². The van der Waals surface area contributed by atoms with Crippen molar-refractivity contribution >= 4 is 5.91 Å². The van der Waals surface area contributed by atoms with Crippen LogP contribution in [-0.4, -0.2) is 36.5 Å². The maximum atomic E-state index is 12.0. The summed E-state index contributed by atoms with van der Waals surface area (Å²) in [7, 11) is 0. The molecule has 16 heavy (non-hydrogen) atoms. The van der Waals surface area contributed by atoms with Crippen LogP contribution in [0.4, 0.5) is 0 Å². The van der Waals surface area contributed by atoms with Crippen molar-refractivity contribution in [2.45, 2.75) is 52.5 Å². The summed E-state index contributed by atoms with van der Waals surface area (Å²) < 4.78 is 0. The summed E-state index contributed by atoms with van der Waals surface area (Å²) in [4.78, 5) is 14.0. The average molecular weight is 226 g/mol. The Kier molecular flexibility index (Phi) is 5.81. The Labute approximate surface area is 99.6 Å². The summed E-state index contributed by atoms with van der Waals surface area (Å²) in [5.74, 6) is 0.984. The van der Waals surface area contributed by atoms with Crippen LogP contribution in [0.25, 0.3) is 0 Å². The van der Waals surface area contributed by atoms with Gasteiger partial charge in [-0.15, -0.1) is 0 Å². The molecule has 1 unspecified atom stereocenters. The number of nitrogens with one attached hydrogen (secondary N) is 1. The molecule has 3 heteroatoms. The number of hydrogen-bond acceptors (Lipinski definition) is 2. The topological polar surface area (TPSA) is 32.3 Å². The molecule has 0 bridgehead atoms. The molecule has 0 aromatic carbocycles. The zero-order valence-electron chi connectivity index (χ0n) is 11.0. The van der Waals surface area contributed by atoms with Crippen molar-refractivity contribution in [3.8, 4) is 0 Å². The molecule has 1 atom stereocenters. The first-order chi connectivity index (χ1) is 7.69. The Morgan fingerprint density at radius 3 is 2.31 bits per heavy atom. The van der Waals surface area contributed by atoms with Crippen LogP contribution in [0.15, 0.2) is 0 Å². The SMILES string of the molecule is CCC(CC)CNC(C)C(=O)N1CCCC1. The molecule has 1 amide bonds. The fraction of sp³-hybridized carbons (Fsp3) is 0.923. The quantitative estimate of drug-likeness (QED) is 0.751. The fourth-order valence-electron chi connectivity index (χ4n) is 2.22. The Morgan fingerprint density at radius 2 is 1.81 bits per heavy atom. The van der Waals surface area contributed by atoms with E-state index in [1.165, 1.54) is 25.7 Å². The van der Waals surface area contributed by atoms with E-state index < -0.39 is 0 Å². The zero-order valence-corrected chi connectivity index (χ0v) is 11.0. The Balaban J connectivity index is 2.27. The van der Waals surface area contributed by atoms with E-state index in [0.29, 0.717) is 5.92 Å². The van der Waals surface area contributed by atoms with Gasteiger partial charge in [0.2, 0.25) is 5.91 Å². The molecule has 1 aliphatic heterocycles. The standard InChI is InChI=1S/C13H26N2O/c1-4-12(5-2)10-14-11(3)13(16)15-8-6-7-9-15/h11-12,14H,4-10H2,1-3H3. The van der Waals surface area contributed by atoms with Crippen LogP contribution in [-0.2, 0) is 4.79 Å². The van der Waals surface area contributed by atoms with Crippen molar-refractivity contribution in [3.05, 3.63) is 0 Å². The van der Waals surface area contributed by atoms with Crippen molar-refractivity contribution in [3.63, 3.8) is 0 Å². The molecule has 1 saturated heterocycles. The van der Waals surface area contributed by atoms with E-state index in [4.69, 9.17) is 0 Å². The third-order valence-corrected chi connectivity index (χ3v) is 3.66. The van der Waals surface area contributed by atoms with Gasteiger partial charge in [0.05, 0.1) is 6.04 Å². The highest BCUT2D eigenvalue weighted by Gasteiger charge is 2.22. The third kappa shape index (κ3) is 3.78. The first-order valence-electron chi connectivity index (χ1n) is 6.71. The number of rotatable bonds is 6. The molecule has 1 fully saturated rings. The molecule has 0 saturated carbocycles. The van der Waals surface area contributed by atoms with E-state index in [2.05, 4.69) is 19.2 Å². The summed E-state index contributed by atoms with van der Waals surface area (Å²) in [5, 5.41) is 3.37. The van der Waals surface area contributed by atoms with E-state index in [-0.39, 0.29) is 11.9 Å². The summed E-state index contributed by atoms with van der Waals surface area (Å²) in [6.07, 6.45) is 4.72. The smallest absolute Gasteiger partial charge is 0.239 e. The lowest BCUT2D eigenvalue weighted by molar-refractivity contribution is -0.132. The summed E-state index contributed by atoms with van der Waals surface area (Å²) in [6, 6.07) is -0.0151. The minimum atomic E-state index is -0.0151. The minimum Gasteiger partial charge on any atom is -0.341 e. The lowest BCUT2D eigenvalue weighted by Gasteiger charge is -2.23. The normalized spacial score (nSPS) is 18.1. The molecule has 1 aliphatic rings. The number of likely N-dealkylation sites (tertiary alicyclic amines) is 1. The van der Waals surface area contributed by atoms with Crippen molar-refractivity contribution in [1.82, 2.24) is 10.2 Å². The van der Waals surface area contributed by atoms with Gasteiger partial charge in [-0.25, -0.2) is 0 Å². The minimum absolute atomic E-state index is 0.0151. The second-order valence-corrected chi connectivity index (χ2v) is 4.84. The van der Waals surface area contributed by atoms with Gasteiger partial charge >= 0.3 is 0 Å². The molecule has 1 heterocycles. The first-order valence-corrected chi connectivity index (χ1v) is 6.71. The van der Waals surface area contributed by atoms with Gasteiger partial charge in [0, 0.05) is 13.1 Å². The summed E-state index contributed by atoms with van der Waals surface area (Å²) in [5.41, 5.74) is 0. The summed E-state index contributed by atoms with van der Waals surface area (Å²) >= 11 is 0. The van der Waals surface area contributed by atoms with E-state index in [9.17, 15) is 4.79 Å². The summed E-state index contributed by atoms with van der Waals surface area (Å²) in [6.45, 7) is 9.29. The molecule has 1 rings (SSSR count). The van der Waals surface area contributed by atoms with Crippen molar-refractivity contribution in [2.75, 3.05) is 19.6 Å². The van der Waals surface area contributed by atoms with Gasteiger partial charge in [-0.3, -0.25) is 4.79 Å². The molecular formula is C13H26N2O. The van der Waals surface area contributed by atoms with Gasteiger partial charge in [-0.1, -0.05) is 26.7 Å². The lowest BCUT2D eigenvalue weighted by Crippen LogP contribution is -2.45. The predicted octanol–water partition coefficient (Wildman–Crippen LogP) is 2.02. The van der Waals surface area contributed by atoms with Crippen LogP contribution in [0.5, 0.6) is 0 Å². The van der Waals surface area contributed by atoms with Gasteiger partial charge in [-0.05, 0) is 32.2 Å². The van der Waals surface area contributed by atoms with Gasteiger partial charge in [-0.2, -0.15) is 0 Å². The van der Waals surface area contributed by atoms with Crippen LogP contribution in [0, 0.1) is 5.92 Å². The number of carbonyl (C=O) groups excluding carboxylic acids is 1. The van der Waals surface area contributed by atoms with Gasteiger partial charge < -0.3 is 10.2 Å².